The van der Waals surface area contributed by atoms with E-state index in [9.17, 15) is 18.1 Å². The molecule has 0 aliphatic heterocycles. The fourth-order valence-electron chi connectivity index (χ4n) is 4.03. The fourth-order valence-corrected chi connectivity index (χ4v) is 4.76. The van der Waals surface area contributed by atoms with Gasteiger partial charge in [-0.3, -0.25) is 8.86 Å². The highest BCUT2D eigenvalue weighted by Gasteiger charge is 2.30. The molecule has 2 aromatic heterocycles. The van der Waals surface area contributed by atoms with Crippen molar-refractivity contribution in [2.75, 3.05) is 13.4 Å². The number of aryl methyl sites for hydroxylation is 1. The Morgan fingerprint density at radius 1 is 1.10 bits per heavy atom. The molecule has 2 atom stereocenters. The Morgan fingerprint density at radius 2 is 1.82 bits per heavy atom. The minimum absolute atomic E-state index is 0.0388. The topological polar surface area (TPSA) is 121 Å². The van der Waals surface area contributed by atoms with Crippen LogP contribution in [0.3, 0.4) is 0 Å². The van der Waals surface area contributed by atoms with Crippen LogP contribution in [0, 0.1) is 17.1 Å². The zero-order valence-electron chi connectivity index (χ0n) is 21.5. The van der Waals surface area contributed by atoms with E-state index in [0.717, 1.165) is 11.8 Å². The molecule has 1 unspecified atom stereocenters. The summed E-state index contributed by atoms with van der Waals surface area (Å²) in [7, 11) is -0.871. The molecule has 4 aromatic rings. The van der Waals surface area contributed by atoms with Gasteiger partial charge in [-0.1, -0.05) is 23.7 Å². The van der Waals surface area contributed by atoms with E-state index in [-0.39, 0.29) is 28.8 Å². The molecule has 0 fully saturated rings. The maximum Gasteiger partial charge on any atom is 0.265 e. The third-order valence-corrected chi connectivity index (χ3v) is 6.59. The minimum Gasteiger partial charge on any atom is -0.497 e. The summed E-state index contributed by atoms with van der Waals surface area (Å²) in [5.74, 6) is 0.214. The van der Waals surface area contributed by atoms with Crippen molar-refractivity contribution in [2.45, 2.75) is 25.7 Å². The number of halogens is 2. The molecule has 0 aliphatic rings. The number of aromatic nitrogens is 4. The van der Waals surface area contributed by atoms with Crippen LogP contribution in [0.5, 0.6) is 5.75 Å². The average molecular weight is 574 g/mol. The molecule has 0 aliphatic carbocycles. The van der Waals surface area contributed by atoms with Gasteiger partial charge in [0.05, 0.1) is 43.2 Å². The van der Waals surface area contributed by atoms with Crippen molar-refractivity contribution in [3.8, 4) is 17.5 Å². The molecule has 0 radical (unpaired) electrons. The highest BCUT2D eigenvalue weighted by atomic mass is 35.5. The highest BCUT2D eigenvalue weighted by Crippen LogP contribution is 2.34. The summed E-state index contributed by atoms with van der Waals surface area (Å²) in [5.41, 5.74) is 2.26. The van der Waals surface area contributed by atoms with Crippen LogP contribution in [0.25, 0.3) is 5.69 Å². The minimum atomic E-state index is -4.00. The molecule has 204 valence electrons. The number of hydrogen-bond acceptors (Lipinski definition) is 8. The molecule has 0 bridgehead atoms. The summed E-state index contributed by atoms with van der Waals surface area (Å²) in [5, 5.41) is 17.8. The molecule has 2 aromatic carbocycles. The third kappa shape index (κ3) is 6.63. The summed E-state index contributed by atoms with van der Waals surface area (Å²) in [4.78, 5) is 0. The Bertz CT molecular complexity index is 1630. The van der Waals surface area contributed by atoms with Crippen LogP contribution in [0.4, 0.5) is 4.39 Å². The Hall–Kier alpha value is -3.76. The zero-order valence-corrected chi connectivity index (χ0v) is 23.1. The summed E-state index contributed by atoms with van der Waals surface area (Å²) < 4.78 is 58.3. The van der Waals surface area contributed by atoms with Crippen LogP contribution < -0.4 is 4.74 Å². The molecule has 0 saturated heterocycles. The number of nitriles is 1. The molecule has 13 heteroatoms. The second-order valence-corrected chi connectivity index (χ2v) is 10.7. The molecule has 0 N–H and O–H groups in total. The SMILES string of the molecule is COc1ccc(CO[C@H](C)c2cc(F)ccc2-n2nc(Cl)cc2C(OS(C)(=O)=O)c2cc(C#N)nn2C)cc1. The van der Waals surface area contributed by atoms with Gasteiger partial charge in [0.15, 0.2) is 17.0 Å². The van der Waals surface area contributed by atoms with Crippen molar-refractivity contribution < 1.29 is 26.5 Å². The van der Waals surface area contributed by atoms with Crippen LogP contribution in [-0.2, 0) is 32.7 Å². The van der Waals surface area contributed by atoms with E-state index in [0.29, 0.717) is 17.0 Å². The second kappa shape index (κ2) is 11.5. The first-order chi connectivity index (χ1) is 18.5. The third-order valence-electron chi connectivity index (χ3n) is 5.86. The van der Waals surface area contributed by atoms with E-state index < -0.39 is 28.1 Å². The first-order valence-corrected chi connectivity index (χ1v) is 13.8. The predicted molar refractivity (Wildman–Crippen MR) is 140 cm³/mol. The van der Waals surface area contributed by atoms with Gasteiger partial charge in [0.2, 0.25) is 0 Å². The summed E-state index contributed by atoms with van der Waals surface area (Å²) in [6.07, 6.45) is -0.972. The Morgan fingerprint density at radius 3 is 2.44 bits per heavy atom. The van der Waals surface area contributed by atoms with Gasteiger partial charge in [-0.25, -0.2) is 9.07 Å². The number of rotatable bonds is 10. The van der Waals surface area contributed by atoms with Gasteiger partial charge in [0, 0.05) is 24.7 Å². The van der Waals surface area contributed by atoms with Gasteiger partial charge >= 0.3 is 0 Å². The fraction of sp³-hybridized carbons (Fsp3) is 0.269. The molecular weight excluding hydrogens is 549 g/mol. The molecule has 0 saturated carbocycles. The van der Waals surface area contributed by atoms with Crippen molar-refractivity contribution in [1.82, 2.24) is 19.6 Å². The predicted octanol–water partition coefficient (Wildman–Crippen LogP) is 4.62. The van der Waals surface area contributed by atoms with Crippen LogP contribution in [0.2, 0.25) is 5.15 Å². The number of benzene rings is 2. The zero-order chi connectivity index (χ0) is 28.3. The maximum atomic E-state index is 14.4. The van der Waals surface area contributed by atoms with E-state index in [2.05, 4.69) is 10.2 Å². The molecule has 10 nitrogen and oxygen atoms in total. The summed E-state index contributed by atoms with van der Waals surface area (Å²) in [6.45, 7) is 2.00. The normalized spacial score (nSPS) is 13.2. The van der Waals surface area contributed by atoms with Gasteiger partial charge in [-0.15, -0.1) is 0 Å². The van der Waals surface area contributed by atoms with Gasteiger partial charge in [-0.2, -0.15) is 23.9 Å². The Kier molecular flexibility index (Phi) is 8.36. The summed E-state index contributed by atoms with van der Waals surface area (Å²) in [6, 6.07) is 16.2. The standard InChI is InChI=1S/C26H25ClFN5O5S/c1-16(37-15-17-5-8-20(36-3)9-6-17)21-11-18(28)7-10-22(21)33-24(13-25(27)31-33)26(38-39(4,34)35)23-12-19(14-29)30-32(23)2/h5-13,16,26H,15H2,1-4H3/t16-,26?/m1/s1. The summed E-state index contributed by atoms with van der Waals surface area (Å²) >= 11 is 6.29. The smallest absolute Gasteiger partial charge is 0.265 e. The lowest BCUT2D eigenvalue weighted by atomic mass is 10.1. The quantitative estimate of drug-likeness (QED) is 0.252. The highest BCUT2D eigenvalue weighted by molar-refractivity contribution is 7.86. The molecule has 2 heterocycles. The van der Waals surface area contributed by atoms with Gasteiger partial charge in [-0.05, 0) is 42.8 Å². The largest absolute Gasteiger partial charge is 0.497 e. The molecule has 0 amide bonds. The monoisotopic (exact) mass is 573 g/mol. The average Bonchev–Trinajstić information content (AvgIpc) is 3.47. The number of hydrogen-bond donors (Lipinski definition) is 0. The van der Waals surface area contributed by atoms with Crippen LogP contribution in [0.1, 0.15) is 47.3 Å². The van der Waals surface area contributed by atoms with Gasteiger partial charge < -0.3 is 9.47 Å². The van der Waals surface area contributed by atoms with Crippen LogP contribution in [-0.4, -0.2) is 41.3 Å². The maximum absolute atomic E-state index is 14.4. The number of ether oxygens (including phenoxy) is 2. The van der Waals surface area contributed by atoms with Gasteiger partial charge in [0.1, 0.15) is 17.6 Å². The van der Waals surface area contributed by atoms with Crippen molar-refractivity contribution in [3.05, 3.63) is 93.8 Å². The Balaban J connectivity index is 1.76. The first-order valence-electron chi connectivity index (χ1n) is 11.6. The van der Waals surface area contributed by atoms with Crippen LogP contribution in [0.15, 0.2) is 54.6 Å². The van der Waals surface area contributed by atoms with E-state index in [4.69, 9.17) is 25.3 Å². The van der Waals surface area contributed by atoms with E-state index in [1.165, 1.54) is 39.7 Å². The van der Waals surface area contributed by atoms with Gasteiger partial charge in [0.25, 0.3) is 10.1 Å². The lowest BCUT2D eigenvalue weighted by Crippen LogP contribution is -2.19. The Labute approximate surface area is 230 Å². The van der Waals surface area contributed by atoms with E-state index >= 15 is 0 Å². The lowest BCUT2D eigenvalue weighted by molar-refractivity contribution is 0.0522. The first kappa shape index (κ1) is 28.3. The van der Waals surface area contributed by atoms with E-state index in [1.807, 2.05) is 30.3 Å². The number of nitrogens with zero attached hydrogens (tertiary/aromatic N) is 5. The molecule has 4 rings (SSSR count). The van der Waals surface area contributed by atoms with Crippen LogP contribution >= 0.6 is 11.6 Å². The van der Waals surface area contributed by atoms with Crippen molar-refractivity contribution >= 4 is 21.7 Å². The molecule has 0 spiro atoms. The number of methoxy groups -OCH3 is 1. The van der Waals surface area contributed by atoms with E-state index in [1.54, 1.807) is 21.1 Å². The van der Waals surface area contributed by atoms with Crippen molar-refractivity contribution in [2.24, 2.45) is 7.05 Å². The lowest BCUT2D eigenvalue weighted by Gasteiger charge is -2.22. The molecule has 39 heavy (non-hydrogen) atoms. The van der Waals surface area contributed by atoms with Crippen molar-refractivity contribution in [3.63, 3.8) is 0 Å². The molecular formula is C26H25ClFN5O5S. The second-order valence-electron chi connectivity index (χ2n) is 8.68. The van der Waals surface area contributed by atoms with Crippen molar-refractivity contribution in [1.29, 1.82) is 5.26 Å².